The van der Waals surface area contributed by atoms with Gasteiger partial charge in [0, 0.05) is 6.54 Å². The summed E-state index contributed by atoms with van der Waals surface area (Å²) >= 11 is 0. The third-order valence-electron chi connectivity index (χ3n) is 4.87. The molecule has 1 amide bonds. The smallest absolute Gasteiger partial charge is 0.334 e. The van der Waals surface area contributed by atoms with Crippen molar-refractivity contribution < 1.29 is 23.8 Å². The highest BCUT2D eigenvalue weighted by molar-refractivity contribution is 5.89. The van der Waals surface area contributed by atoms with Crippen molar-refractivity contribution in [3.8, 4) is 0 Å². The number of carbonyl (C=O) groups excluding carboxylic acids is 1. The van der Waals surface area contributed by atoms with Crippen molar-refractivity contribution in [1.29, 1.82) is 0 Å². The fourth-order valence-corrected chi connectivity index (χ4v) is 3.68. The van der Waals surface area contributed by atoms with Crippen LogP contribution in [0.1, 0.15) is 31.2 Å². The maximum atomic E-state index is 13.6. The van der Waals surface area contributed by atoms with Crippen LogP contribution in [0.25, 0.3) is 0 Å². The monoisotopic (exact) mass is 321 g/mol. The zero-order valence-electron chi connectivity index (χ0n) is 12.8. The standard InChI is InChI=1S/C17H20FNO4/c18-13-5-3-4-12(10-13)17(6-1-2-7-17)16(22)19-8-9-23-14(11-19)15(20)21/h3-5,10,14H,1-2,6-9,11H2,(H,20,21)/t14-/m0/s1. The molecule has 2 fully saturated rings. The lowest BCUT2D eigenvalue weighted by molar-refractivity contribution is -0.161. The SMILES string of the molecule is O=C(O)[C@@H]1CN(C(=O)C2(c3cccc(F)c3)CCCC2)CCO1. The van der Waals surface area contributed by atoms with Gasteiger partial charge in [0.2, 0.25) is 5.91 Å². The molecule has 1 aliphatic carbocycles. The second-order valence-corrected chi connectivity index (χ2v) is 6.25. The molecule has 0 aromatic heterocycles. The molecular formula is C17H20FNO4. The van der Waals surface area contributed by atoms with Gasteiger partial charge in [-0.25, -0.2) is 9.18 Å². The van der Waals surface area contributed by atoms with Crippen LogP contribution in [0.2, 0.25) is 0 Å². The van der Waals surface area contributed by atoms with E-state index in [9.17, 15) is 14.0 Å². The van der Waals surface area contributed by atoms with Gasteiger partial charge >= 0.3 is 5.97 Å². The summed E-state index contributed by atoms with van der Waals surface area (Å²) < 4.78 is 18.8. The summed E-state index contributed by atoms with van der Waals surface area (Å²) in [6, 6.07) is 6.21. The minimum absolute atomic E-state index is 0.0469. The molecule has 1 N–H and O–H groups in total. The topological polar surface area (TPSA) is 66.8 Å². The molecule has 6 heteroatoms. The number of aliphatic carboxylic acids is 1. The van der Waals surface area contributed by atoms with Crippen molar-refractivity contribution in [2.75, 3.05) is 19.7 Å². The molecule has 0 radical (unpaired) electrons. The number of ether oxygens (including phenoxy) is 1. The maximum Gasteiger partial charge on any atom is 0.334 e. The zero-order valence-corrected chi connectivity index (χ0v) is 12.8. The molecular weight excluding hydrogens is 301 g/mol. The minimum atomic E-state index is -1.06. The molecule has 1 aliphatic heterocycles. The van der Waals surface area contributed by atoms with E-state index in [1.807, 2.05) is 0 Å². The summed E-state index contributed by atoms with van der Waals surface area (Å²) in [4.78, 5) is 25.9. The number of benzene rings is 1. The summed E-state index contributed by atoms with van der Waals surface area (Å²) in [5.41, 5.74) is -0.0407. The predicted octanol–water partition coefficient (Wildman–Crippen LogP) is 1.95. The summed E-state index contributed by atoms with van der Waals surface area (Å²) in [7, 11) is 0. The molecule has 1 aromatic rings. The average Bonchev–Trinajstić information content (AvgIpc) is 3.05. The van der Waals surface area contributed by atoms with E-state index in [1.165, 1.54) is 12.1 Å². The molecule has 1 saturated heterocycles. The first-order valence-corrected chi connectivity index (χ1v) is 7.93. The van der Waals surface area contributed by atoms with Crippen LogP contribution in [-0.2, 0) is 19.7 Å². The molecule has 1 atom stereocenters. The van der Waals surface area contributed by atoms with Gasteiger partial charge in [-0.3, -0.25) is 4.79 Å². The number of hydrogen-bond acceptors (Lipinski definition) is 3. The third-order valence-corrected chi connectivity index (χ3v) is 4.87. The number of carbonyl (C=O) groups is 2. The summed E-state index contributed by atoms with van der Waals surface area (Å²) in [6.45, 7) is 0.632. The normalized spacial score (nSPS) is 23.7. The first-order valence-electron chi connectivity index (χ1n) is 7.93. The lowest BCUT2D eigenvalue weighted by Gasteiger charge is -2.38. The van der Waals surface area contributed by atoms with Gasteiger partial charge in [0.05, 0.1) is 18.6 Å². The van der Waals surface area contributed by atoms with E-state index >= 15 is 0 Å². The molecule has 3 rings (SSSR count). The highest BCUT2D eigenvalue weighted by Crippen LogP contribution is 2.43. The average molecular weight is 321 g/mol. The molecule has 1 aromatic carbocycles. The van der Waals surface area contributed by atoms with Gasteiger partial charge in [-0.1, -0.05) is 25.0 Å². The van der Waals surface area contributed by atoms with Gasteiger partial charge in [0.25, 0.3) is 0 Å². The quantitative estimate of drug-likeness (QED) is 0.924. The second kappa shape index (κ2) is 6.28. The van der Waals surface area contributed by atoms with Crippen molar-refractivity contribution in [3.05, 3.63) is 35.6 Å². The summed E-state index contributed by atoms with van der Waals surface area (Å²) in [6.07, 6.45) is 2.18. The highest BCUT2D eigenvalue weighted by atomic mass is 19.1. The third kappa shape index (κ3) is 2.95. The van der Waals surface area contributed by atoms with Crippen molar-refractivity contribution in [2.24, 2.45) is 0 Å². The van der Waals surface area contributed by atoms with E-state index in [2.05, 4.69) is 0 Å². The maximum absolute atomic E-state index is 13.6. The van der Waals surface area contributed by atoms with E-state index in [1.54, 1.807) is 17.0 Å². The van der Waals surface area contributed by atoms with Gasteiger partial charge in [-0.05, 0) is 30.5 Å². The lowest BCUT2D eigenvalue weighted by atomic mass is 9.77. The van der Waals surface area contributed by atoms with Crippen LogP contribution in [0.3, 0.4) is 0 Å². The van der Waals surface area contributed by atoms with Gasteiger partial charge in [0.15, 0.2) is 6.10 Å². The van der Waals surface area contributed by atoms with Crippen LogP contribution in [0.5, 0.6) is 0 Å². The van der Waals surface area contributed by atoms with Gasteiger partial charge < -0.3 is 14.7 Å². The number of nitrogens with zero attached hydrogens (tertiary/aromatic N) is 1. The number of morpholine rings is 1. The highest BCUT2D eigenvalue weighted by Gasteiger charge is 2.46. The zero-order chi connectivity index (χ0) is 16.4. The Morgan fingerprint density at radius 2 is 2.04 bits per heavy atom. The van der Waals surface area contributed by atoms with Crippen LogP contribution >= 0.6 is 0 Å². The Hall–Kier alpha value is -1.95. The van der Waals surface area contributed by atoms with Gasteiger partial charge in [0.1, 0.15) is 5.82 Å². The van der Waals surface area contributed by atoms with Crippen LogP contribution in [0.15, 0.2) is 24.3 Å². The molecule has 124 valence electrons. The molecule has 2 aliphatic rings. The molecule has 0 bridgehead atoms. The van der Waals surface area contributed by atoms with Crippen molar-refractivity contribution in [1.82, 2.24) is 4.90 Å². The lowest BCUT2D eigenvalue weighted by Crippen LogP contribution is -2.54. The summed E-state index contributed by atoms with van der Waals surface area (Å²) in [5.74, 6) is -1.52. The van der Waals surface area contributed by atoms with E-state index < -0.39 is 17.5 Å². The fourth-order valence-electron chi connectivity index (χ4n) is 3.68. The van der Waals surface area contributed by atoms with Crippen LogP contribution in [0, 0.1) is 5.82 Å². The van der Waals surface area contributed by atoms with Crippen LogP contribution in [0.4, 0.5) is 4.39 Å². The van der Waals surface area contributed by atoms with E-state index in [4.69, 9.17) is 9.84 Å². The van der Waals surface area contributed by atoms with E-state index in [0.717, 1.165) is 12.8 Å². The number of halogens is 1. The number of carboxylic acids is 1. The van der Waals surface area contributed by atoms with E-state index in [-0.39, 0.29) is 24.9 Å². The number of hydrogen-bond donors (Lipinski definition) is 1. The van der Waals surface area contributed by atoms with Gasteiger partial charge in [-0.2, -0.15) is 0 Å². The minimum Gasteiger partial charge on any atom is -0.479 e. The largest absolute Gasteiger partial charge is 0.479 e. The number of amides is 1. The van der Waals surface area contributed by atoms with Crippen molar-refractivity contribution in [3.63, 3.8) is 0 Å². The molecule has 1 heterocycles. The Kier molecular flexibility index (Phi) is 4.35. The molecule has 0 spiro atoms. The molecule has 5 nitrogen and oxygen atoms in total. The Morgan fingerprint density at radius 1 is 1.30 bits per heavy atom. The Balaban J connectivity index is 1.89. The number of rotatable bonds is 3. The van der Waals surface area contributed by atoms with Crippen molar-refractivity contribution >= 4 is 11.9 Å². The fraction of sp³-hybridized carbons (Fsp3) is 0.529. The Labute approximate surface area is 134 Å². The predicted molar refractivity (Wildman–Crippen MR) is 80.5 cm³/mol. The van der Waals surface area contributed by atoms with Gasteiger partial charge in [-0.15, -0.1) is 0 Å². The van der Waals surface area contributed by atoms with Crippen LogP contribution in [-0.4, -0.2) is 47.7 Å². The molecule has 0 unspecified atom stereocenters. The molecule has 23 heavy (non-hydrogen) atoms. The molecule has 1 saturated carbocycles. The first-order chi connectivity index (χ1) is 11.0. The van der Waals surface area contributed by atoms with Crippen LogP contribution < -0.4 is 0 Å². The Morgan fingerprint density at radius 3 is 2.70 bits per heavy atom. The van der Waals surface area contributed by atoms with Crippen molar-refractivity contribution in [2.45, 2.75) is 37.2 Å². The second-order valence-electron chi connectivity index (χ2n) is 6.25. The first kappa shape index (κ1) is 15.9. The Bertz CT molecular complexity index is 612. The number of carboxylic acid groups (broad SMARTS) is 1. The summed E-state index contributed by atoms with van der Waals surface area (Å²) in [5, 5.41) is 9.11. The van der Waals surface area contributed by atoms with E-state index in [0.29, 0.717) is 24.9 Å².